The topological polar surface area (TPSA) is 178 Å². The van der Waals surface area contributed by atoms with Crippen LogP contribution in [0.2, 0.25) is 0 Å². The second-order valence-electron chi connectivity index (χ2n) is 15.4. The average Bonchev–Trinajstić information content (AvgIpc) is 3.53. The van der Waals surface area contributed by atoms with Crippen molar-refractivity contribution in [2.24, 2.45) is 0 Å². The normalized spacial score (nSPS) is 16.2. The number of nitrogens with one attached hydrogen (secondary N) is 3. The van der Waals surface area contributed by atoms with Crippen molar-refractivity contribution in [2.75, 3.05) is 62.7 Å². The highest BCUT2D eigenvalue weighted by molar-refractivity contribution is 9.10. The van der Waals surface area contributed by atoms with Gasteiger partial charge in [0.25, 0.3) is 5.91 Å². The zero-order chi connectivity index (χ0) is 41.6. The summed E-state index contributed by atoms with van der Waals surface area (Å²) in [4.78, 5) is 60.1. The molecule has 306 valence electrons. The Morgan fingerprint density at radius 3 is 2.49 bits per heavy atom. The van der Waals surface area contributed by atoms with Gasteiger partial charge in [-0.1, -0.05) is 12.1 Å². The van der Waals surface area contributed by atoms with E-state index in [0.717, 1.165) is 60.5 Å². The summed E-state index contributed by atoms with van der Waals surface area (Å²) in [6, 6.07) is 13.5. The Morgan fingerprint density at radius 1 is 0.966 bits per heavy atom. The van der Waals surface area contributed by atoms with Gasteiger partial charge in [0.15, 0.2) is 0 Å². The summed E-state index contributed by atoms with van der Waals surface area (Å²) in [5, 5.41) is 12.4. The Kier molecular flexibility index (Phi) is 11.0. The average molecular weight is 883 g/mol. The fourth-order valence-electron chi connectivity index (χ4n) is 8.12. The fraction of sp³-hybridized carbons (Fsp3) is 0.341. The first kappa shape index (κ1) is 40.2. The molecule has 0 radical (unpaired) electrons. The number of piperidine rings is 1. The van der Waals surface area contributed by atoms with Crippen LogP contribution >= 0.6 is 23.1 Å². The molecule has 0 atom stereocenters. The molecule has 3 aromatic carbocycles. The number of nitrogens with zero attached hydrogens (tertiary/aromatic N) is 8. The van der Waals surface area contributed by atoms with Crippen molar-refractivity contribution in [3.63, 3.8) is 0 Å². The number of methoxy groups -OCH3 is 1. The third-order valence-corrected chi connectivity index (χ3v) is 13.2. The van der Waals surface area contributed by atoms with E-state index in [9.17, 15) is 18.9 Å². The van der Waals surface area contributed by atoms with Gasteiger partial charge in [-0.25, -0.2) is 19.8 Å². The molecule has 0 bridgehead atoms. The molecule has 3 aliphatic heterocycles. The van der Waals surface area contributed by atoms with Gasteiger partial charge in [0.05, 0.1) is 46.9 Å². The van der Waals surface area contributed by atoms with Crippen molar-refractivity contribution in [1.29, 1.82) is 0 Å². The van der Waals surface area contributed by atoms with Gasteiger partial charge >= 0.3 is 6.03 Å². The molecule has 2 aromatic heterocycles. The number of ether oxygens (including phenoxy) is 1. The van der Waals surface area contributed by atoms with E-state index in [4.69, 9.17) is 9.72 Å². The fourth-order valence-corrected chi connectivity index (χ4v) is 9.80. The summed E-state index contributed by atoms with van der Waals surface area (Å²) < 4.78 is 20.0. The van der Waals surface area contributed by atoms with Crippen LogP contribution in [0.1, 0.15) is 46.3 Å². The first-order valence-corrected chi connectivity index (χ1v) is 22.7. The summed E-state index contributed by atoms with van der Waals surface area (Å²) in [6.07, 6.45) is 6.98. The number of aromatic nitrogens is 4. The molecule has 5 heterocycles. The van der Waals surface area contributed by atoms with Crippen LogP contribution in [0, 0.1) is 6.92 Å². The molecule has 0 aliphatic carbocycles. The maximum Gasteiger partial charge on any atom is 0.342 e. The summed E-state index contributed by atoms with van der Waals surface area (Å²) >= 11 is 3.57. The van der Waals surface area contributed by atoms with Gasteiger partial charge in [-0.15, -0.1) is 0 Å². The highest BCUT2D eigenvalue weighted by Gasteiger charge is 2.37. The predicted octanol–water partition coefficient (Wildman–Crippen LogP) is 6.15. The number of aryl methyl sites for hydroxylation is 1. The molecule has 8 rings (SSSR count). The van der Waals surface area contributed by atoms with Crippen molar-refractivity contribution < 1.29 is 23.7 Å². The summed E-state index contributed by atoms with van der Waals surface area (Å²) in [6.45, 7) is 8.46. The Hall–Kier alpha value is -5.64. The number of imide groups is 1. The zero-order valence-electron chi connectivity index (χ0n) is 33.5. The second kappa shape index (κ2) is 16.2. The number of halogens is 1. The number of hydrogen-bond acceptors (Lipinski definition) is 13. The van der Waals surface area contributed by atoms with Crippen molar-refractivity contribution >= 4 is 86.1 Å². The minimum absolute atomic E-state index is 0.162. The first-order valence-electron chi connectivity index (χ1n) is 19.3. The number of benzene rings is 3. The van der Waals surface area contributed by atoms with Crippen molar-refractivity contribution in [3.8, 4) is 5.75 Å². The standard InChI is InChI=1S/C41H45BrN11O5P/c1-24-18-32(47-40-45-21-29(42)38(49-40)46-31-9-8-30-36(44-14-13-43-30)37(31)59(4,5)57)34(58-3)20-33(24)51-15-10-27(11-16-51)50(2)22-25-6-7-28-26(19-25)23-53(39(28)55)52-17-12-35(54)48-41(52)56/h6-9,13-14,18-21,27H,10-12,15-17,22-23H2,1-5H3,(H,48,54,56)(H2,45,46,47,49). The maximum atomic E-state index is 13.5. The molecule has 0 unspecified atom stereocenters. The lowest BCUT2D eigenvalue weighted by molar-refractivity contribution is -0.123. The molecule has 0 spiro atoms. The highest BCUT2D eigenvalue weighted by atomic mass is 79.9. The van der Waals surface area contributed by atoms with E-state index in [1.54, 1.807) is 39.0 Å². The molecule has 3 aliphatic rings. The van der Waals surface area contributed by atoms with Crippen LogP contribution in [0.3, 0.4) is 0 Å². The van der Waals surface area contributed by atoms with Gasteiger partial charge < -0.3 is 24.8 Å². The molecule has 3 N–H and O–H groups in total. The predicted molar refractivity (Wildman–Crippen MR) is 231 cm³/mol. The Morgan fingerprint density at radius 2 is 1.75 bits per heavy atom. The number of anilines is 5. The van der Waals surface area contributed by atoms with Crippen LogP contribution in [0.25, 0.3) is 11.0 Å². The van der Waals surface area contributed by atoms with Crippen molar-refractivity contribution in [3.05, 3.63) is 87.8 Å². The van der Waals surface area contributed by atoms with Crippen molar-refractivity contribution in [1.82, 2.24) is 40.2 Å². The minimum atomic E-state index is -2.78. The number of urea groups is 1. The summed E-state index contributed by atoms with van der Waals surface area (Å²) in [5.74, 6) is 0.930. The largest absolute Gasteiger partial charge is 0.494 e. The monoisotopic (exact) mass is 881 g/mol. The third-order valence-electron chi connectivity index (χ3n) is 11.1. The quantitative estimate of drug-likeness (QED) is 0.129. The van der Waals surface area contributed by atoms with E-state index < -0.39 is 13.2 Å². The lowest BCUT2D eigenvalue weighted by atomic mass is 10.00. The molecule has 0 saturated carbocycles. The third kappa shape index (κ3) is 8.19. The number of hydrazine groups is 1. The van der Waals surface area contributed by atoms with Crippen molar-refractivity contribution in [2.45, 2.75) is 45.3 Å². The number of rotatable bonds is 11. The maximum absolute atomic E-state index is 13.5. The molecule has 59 heavy (non-hydrogen) atoms. The Labute approximate surface area is 350 Å². The molecular formula is C41H45BrN11O5P. The van der Waals surface area contributed by atoms with Crippen LogP contribution in [-0.4, -0.2) is 106 Å². The van der Waals surface area contributed by atoms with Crippen LogP contribution in [0.5, 0.6) is 5.75 Å². The van der Waals surface area contributed by atoms with E-state index in [-0.39, 0.29) is 24.8 Å². The van der Waals surface area contributed by atoms with E-state index in [2.05, 4.69) is 82.7 Å². The SMILES string of the molecule is COc1cc(N2CCC(N(C)Cc3ccc4c(c3)CN(N3CCC(=O)NC3=O)C4=O)CC2)c(C)cc1Nc1ncc(Br)c(Nc2ccc3nccnc3c2P(C)(C)=O)n1. The first-order chi connectivity index (χ1) is 28.3. The van der Waals surface area contributed by atoms with E-state index in [1.807, 2.05) is 30.3 Å². The molecule has 5 aromatic rings. The van der Waals surface area contributed by atoms with Crippen LogP contribution in [0.15, 0.2) is 65.5 Å². The number of carbonyl (C=O) groups is 3. The van der Waals surface area contributed by atoms with Gasteiger partial charge in [0.2, 0.25) is 11.9 Å². The van der Waals surface area contributed by atoms with Gasteiger partial charge in [0, 0.05) is 68.0 Å². The smallest absolute Gasteiger partial charge is 0.342 e. The number of carbonyl (C=O) groups excluding carboxylic acids is 3. The minimum Gasteiger partial charge on any atom is -0.494 e. The van der Waals surface area contributed by atoms with Gasteiger partial charge in [-0.2, -0.15) is 4.98 Å². The summed E-state index contributed by atoms with van der Waals surface area (Å²) in [5.41, 5.74) is 7.34. The number of fused-ring (bicyclic) bond motifs is 2. The Bertz CT molecular complexity index is 2540. The van der Waals surface area contributed by atoms with Gasteiger partial charge in [0.1, 0.15) is 24.2 Å². The molecule has 2 fully saturated rings. The highest BCUT2D eigenvalue weighted by Crippen LogP contribution is 2.42. The van der Waals surface area contributed by atoms with Crippen LogP contribution in [0.4, 0.5) is 33.6 Å². The zero-order valence-corrected chi connectivity index (χ0v) is 35.9. The Balaban J connectivity index is 0.913. The summed E-state index contributed by atoms with van der Waals surface area (Å²) in [7, 11) is 1.01. The second-order valence-corrected chi connectivity index (χ2v) is 19.4. The van der Waals surface area contributed by atoms with E-state index in [0.29, 0.717) is 62.2 Å². The molecular weight excluding hydrogens is 837 g/mol. The molecule has 16 nitrogen and oxygen atoms in total. The number of amides is 4. The van der Waals surface area contributed by atoms with Crippen LogP contribution in [-0.2, 0) is 22.4 Å². The van der Waals surface area contributed by atoms with Crippen LogP contribution < -0.4 is 30.9 Å². The van der Waals surface area contributed by atoms with Gasteiger partial charge in [-0.05, 0) is 97.0 Å². The van der Waals surface area contributed by atoms with E-state index in [1.165, 1.54) is 10.0 Å². The molecule has 4 amide bonds. The van der Waals surface area contributed by atoms with Gasteiger partial charge in [-0.3, -0.25) is 29.8 Å². The number of hydrogen-bond donors (Lipinski definition) is 3. The molecule has 18 heteroatoms. The van der Waals surface area contributed by atoms with E-state index >= 15 is 0 Å². The lowest BCUT2D eigenvalue weighted by Crippen LogP contribution is -2.56. The lowest BCUT2D eigenvalue weighted by Gasteiger charge is -2.38. The molecule has 2 saturated heterocycles.